The van der Waals surface area contributed by atoms with Gasteiger partial charge in [0, 0.05) is 39.3 Å². The van der Waals surface area contributed by atoms with E-state index in [0.717, 1.165) is 38.4 Å². The van der Waals surface area contributed by atoms with E-state index in [0.29, 0.717) is 25.9 Å². The second-order valence-electron chi connectivity index (χ2n) is 8.44. The van der Waals surface area contributed by atoms with Crippen LogP contribution in [0.2, 0.25) is 0 Å². The second-order valence-corrected chi connectivity index (χ2v) is 10.4. The monoisotopic (exact) mass is 457 g/mol. The molecule has 32 heavy (non-hydrogen) atoms. The molecule has 1 atom stereocenters. The molecule has 0 bridgehead atoms. The highest BCUT2D eigenvalue weighted by molar-refractivity contribution is 7.89. The summed E-state index contributed by atoms with van der Waals surface area (Å²) < 4.78 is 32.7. The van der Waals surface area contributed by atoms with Crippen LogP contribution in [0.5, 0.6) is 0 Å². The molecule has 0 aromatic heterocycles. The fourth-order valence-corrected chi connectivity index (χ4v) is 5.85. The number of sulfonamides is 1. The molecule has 4 rings (SSSR count). The van der Waals surface area contributed by atoms with Gasteiger partial charge in [-0.15, -0.1) is 0 Å². The normalized spacial score (nSPS) is 20.7. The number of nitrogens with zero attached hydrogens (tertiary/aromatic N) is 2. The summed E-state index contributed by atoms with van der Waals surface area (Å²) in [5.74, 6) is -0.421. The first-order valence-electron chi connectivity index (χ1n) is 11.2. The van der Waals surface area contributed by atoms with Crippen molar-refractivity contribution in [3.05, 3.63) is 65.7 Å². The van der Waals surface area contributed by atoms with E-state index in [4.69, 9.17) is 4.74 Å². The van der Waals surface area contributed by atoms with Gasteiger partial charge in [0.1, 0.15) is 0 Å². The Kier molecular flexibility index (Phi) is 7.57. The molecule has 2 saturated heterocycles. The highest BCUT2D eigenvalue weighted by Gasteiger charge is 2.33. The van der Waals surface area contributed by atoms with E-state index in [1.54, 1.807) is 30.3 Å². The van der Waals surface area contributed by atoms with Gasteiger partial charge in [-0.2, -0.15) is 4.31 Å². The van der Waals surface area contributed by atoms with Gasteiger partial charge in [0.15, 0.2) is 0 Å². The number of piperidine rings is 1. The molecular formula is C24H31N3O4S. The predicted molar refractivity (Wildman–Crippen MR) is 122 cm³/mol. The molecule has 8 heteroatoms. The lowest BCUT2D eigenvalue weighted by Gasteiger charge is -2.31. The van der Waals surface area contributed by atoms with Crippen molar-refractivity contribution in [3.8, 4) is 0 Å². The first-order chi connectivity index (χ1) is 15.5. The van der Waals surface area contributed by atoms with Crippen molar-refractivity contribution in [2.24, 2.45) is 5.92 Å². The standard InChI is InChI=1S/C24H31N3O4S/c28-24(22-8-5-11-27(19-22)32(29,30)23-9-2-1-3-10-23)25-17-20-6-4-7-21(16-20)18-26-12-14-31-15-13-26/h1-4,6-7,9-10,16,22H,5,8,11-15,17-19H2,(H,25,28)/t22-/m1/s1. The first kappa shape index (κ1) is 22.9. The van der Waals surface area contributed by atoms with Crippen molar-refractivity contribution in [3.63, 3.8) is 0 Å². The minimum absolute atomic E-state index is 0.0865. The summed E-state index contributed by atoms with van der Waals surface area (Å²) in [5.41, 5.74) is 2.27. The number of morpholine rings is 1. The van der Waals surface area contributed by atoms with Crippen LogP contribution in [0.25, 0.3) is 0 Å². The third-order valence-corrected chi connectivity index (χ3v) is 7.98. The Labute approximate surface area is 190 Å². The maximum atomic E-state index is 12.9. The maximum Gasteiger partial charge on any atom is 0.243 e. The van der Waals surface area contributed by atoms with E-state index < -0.39 is 10.0 Å². The molecule has 2 aromatic rings. The molecule has 0 unspecified atom stereocenters. The fourth-order valence-electron chi connectivity index (χ4n) is 4.31. The van der Waals surface area contributed by atoms with Crippen molar-refractivity contribution in [1.82, 2.24) is 14.5 Å². The van der Waals surface area contributed by atoms with Crippen LogP contribution in [-0.4, -0.2) is 62.9 Å². The lowest BCUT2D eigenvalue weighted by atomic mass is 9.98. The van der Waals surface area contributed by atoms with Gasteiger partial charge in [-0.25, -0.2) is 8.42 Å². The summed E-state index contributed by atoms with van der Waals surface area (Å²) in [6.07, 6.45) is 1.38. The molecule has 0 radical (unpaired) electrons. The first-order valence-corrected chi connectivity index (χ1v) is 12.7. The number of amides is 1. The Hall–Kier alpha value is -2.26. The maximum absolute atomic E-state index is 12.9. The Balaban J connectivity index is 1.32. The highest BCUT2D eigenvalue weighted by atomic mass is 32.2. The molecule has 1 N–H and O–H groups in total. The zero-order valence-electron chi connectivity index (χ0n) is 18.3. The summed E-state index contributed by atoms with van der Waals surface area (Å²) in [7, 11) is -3.58. The molecule has 0 saturated carbocycles. The number of ether oxygens (including phenoxy) is 1. The molecule has 0 aliphatic carbocycles. The smallest absolute Gasteiger partial charge is 0.243 e. The van der Waals surface area contributed by atoms with Gasteiger partial charge in [0.25, 0.3) is 0 Å². The molecule has 2 fully saturated rings. The molecule has 2 aromatic carbocycles. The minimum Gasteiger partial charge on any atom is -0.379 e. The van der Waals surface area contributed by atoms with E-state index in [1.165, 1.54) is 9.87 Å². The summed E-state index contributed by atoms with van der Waals surface area (Å²) in [4.78, 5) is 15.5. The van der Waals surface area contributed by atoms with Crippen LogP contribution in [0.4, 0.5) is 0 Å². The summed E-state index contributed by atoms with van der Waals surface area (Å²) >= 11 is 0. The number of carbonyl (C=O) groups is 1. The van der Waals surface area contributed by atoms with Gasteiger partial charge in [-0.1, -0.05) is 42.5 Å². The summed E-state index contributed by atoms with van der Waals surface area (Å²) in [6.45, 7) is 5.40. The quantitative estimate of drug-likeness (QED) is 0.690. The van der Waals surface area contributed by atoms with Crippen LogP contribution in [0.15, 0.2) is 59.5 Å². The SMILES string of the molecule is O=C(NCc1cccc(CN2CCOCC2)c1)[C@@H]1CCCN(S(=O)(=O)c2ccccc2)C1. The molecule has 2 aliphatic rings. The Bertz CT molecular complexity index is 1010. The number of carbonyl (C=O) groups excluding carboxylic acids is 1. The molecule has 172 valence electrons. The number of benzene rings is 2. The van der Waals surface area contributed by atoms with Crippen LogP contribution in [0.1, 0.15) is 24.0 Å². The fraction of sp³-hybridized carbons (Fsp3) is 0.458. The van der Waals surface area contributed by atoms with E-state index in [9.17, 15) is 13.2 Å². The third kappa shape index (κ3) is 5.75. The van der Waals surface area contributed by atoms with Crippen molar-refractivity contribution < 1.29 is 17.9 Å². The van der Waals surface area contributed by atoms with Crippen LogP contribution >= 0.6 is 0 Å². The average Bonchev–Trinajstić information content (AvgIpc) is 2.84. The van der Waals surface area contributed by atoms with Crippen molar-refractivity contribution in [2.45, 2.75) is 30.8 Å². The Morgan fingerprint density at radius 3 is 2.53 bits per heavy atom. The number of nitrogens with one attached hydrogen (secondary N) is 1. The van der Waals surface area contributed by atoms with Crippen LogP contribution < -0.4 is 5.32 Å². The lowest BCUT2D eigenvalue weighted by molar-refractivity contribution is -0.126. The van der Waals surface area contributed by atoms with Gasteiger partial charge in [0.2, 0.25) is 15.9 Å². The highest BCUT2D eigenvalue weighted by Crippen LogP contribution is 2.24. The number of rotatable bonds is 7. The van der Waals surface area contributed by atoms with Crippen molar-refractivity contribution >= 4 is 15.9 Å². The zero-order chi connectivity index (χ0) is 22.4. The van der Waals surface area contributed by atoms with Crippen LogP contribution in [0.3, 0.4) is 0 Å². The van der Waals surface area contributed by atoms with E-state index in [-0.39, 0.29) is 23.3 Å². The molecule has 2 aliphatic heterocycles. The van der Waals surface area contributed by atoms with Crippen molar-refractivity contribution in [1.29, 1.82) is 0 Å². The van der Waals surface area contributed by atoms with Crippen molar-refractivity contribution in [2.75, 3.05) is 39.4 Å². The molecule has 0 spiro atoms. The number of hydrogen-bond acceptors (Lipinski definition) is 5. The minimum atomic E-state index is -3.58. The van der Waals surface area contributed by atoms with E-state index in [1.807, 2.05) is 12.1 Å². The molecule has 1 amide bonds. The van der Waals surface area contributed by atoms with E-state index in [2.05, 4.69) is 22.3 Å². The van der Waals surface area contributed by atoms with Crippen LogP contribution in [0, 0.1) is 5.92 Å². The predicted octanol–water partition coefficient (Wildman–Crippen LogP) is 2.24. The van der Waals surface area contributed by atoms with Gasteiger partial charge < -0.3 is 10.1 Å². The molecule has 7 nitrogen and oxygen atoms in total. The van der Waals surface area contributed by atoms with Gasteiger partial charge in [0.05, 0.1) is 24.0 Å². The topological polar surface area (TPSA) is 79.0 Å². The summed E-state index contributed by atoms with van der Waals surface area (Å²) in [6, 6.07) is 16.7. The molecule has 2 heterocycles. The Morgan fingerprint density at radius 1 is 1.00 bits per heavy atom. The third-order valence-electron chi connectivity index (χ3n) is 6.10. The summed E-state index contributed by atoms with van der Waals surface area (Å²) in [5, 5.41) is 3.02. The average molecular weight is 458 g/mol. The second kappa shape index (κ2) is 10.6. The number of hydrogen-bond donors (Lipinski definition) is 1. The van der Waals surface area contributed by atoms with Gasteiger partial charge in [-0.05, 0) is 36.1 Å². The zero-order valence-corrected chi connectivity index (χ0v) is 19.1. The lowest BCUT2D eigenvalue weighted by Crippen LogP contribution is -2.45. The Morgan fingerprint density at radius 2 is 1.75 bits per heavy atom. The molecular weight excluding hydrogens is 426 g/mol. The largest absolute Gasteiger partial charge is 0.379 e. The van der Waals surface area contributed by atoms with Gasteiger partial charge in [-0.3, -0.25) is 9.69 Å². The van der Waals surface area contributed by atoms with Crippen LogP contribution in [-0.2, 0) is 32.6 Å². The van der Waals surface area contributed by atoms with E-state index >= 15 is 0 Å². The van der Waals surface area contributed by atoms with Gasteiger partial charge >= 0.3 is 0 Å².